The molecule has 0 unspecified atom stereocenters. The molecule has 0 bridgehead atoms. The highest BCUT2D eigenvalue weighted by molar-refractivity contribution is 7.99. The summed E-state index contributed by atoms with van der Waals surface area (Å²) in [5.41, 5.74) is 0.803. The SMILES string of the molecule is CN1CCN(S(=O)(=O)c2ccc(Sc3nnc(Cc4ccccc4)n3C)c([N+](=O)[O-])c2)CC1. The maximum atomic E-state index is 13.0. The quantitative estimate of drug-likeness (QED) is 0.368. The van der Waals surface area contributed by atoms with Gasteiger partial charge in [-0.15, -0.1) is 10.2 Å². The van der Waals surface area contributed by atoms with Crippen LogP contribution >= 0.6 is 11.8 Å². The number of nitro groups is 1. The van der Waals surface area contributed by atoms with Crippen LogP contribution in [0.3, 0.4) is 0 Å². The third kappa shape index (κ3) is 5.08. The summed E-state index contributed by atoms with van der Waals surface area (Å²) in [5.74, 6) is 0.723. The van der Waals surface area contributed by atoms with Gasteiger partial charge in [-0.3, -0.25) is 10.1 Å². The third-order valence-corrected chi connectivity index (χ3v) is 8.56. The molecule has 0 atom stereocenters. The summed E-state index contributed by atoms with van der Waals surface area (Å²) < 4.78 is 29.2. The Hall–Kier alpha value is -2.80. The van der Waals surface area contributed by atoms with E-state index in [1.54, 1.807) is 11.6 Å². The minimum Gasteiger partial charge on any atom is -0.309 e. The highest BCUT2D eigenvalue weighted by Gasteiger charge is 2.30. The standard InChI is InChI=1S/C21H24N6O4S2/c1-24-10-12-26(13-11-24)33(30,31)17-8-9-19(18(15-17)27(28)29)32-21-23-22-20(25(21)2)14-16-6-4-3-5-7-16/h3-9,15H,10-14H2,1-2H3. The number of rotatable bonds is 7. The number of hydrogen-bond acceptors (Lipinski definition) is 8. The van der Waals surface area contributed by atoms with E-state index in [0.717, 1.165) is 29.2 Å². The number of benzene rings is 2. The summed E-state index contributed by atoms with van der Waals surface area (Å²) in [5, 5.41) is 20.7. The van der Waals surface area contributed by atoms with Crippen molar-refractivity contribution in [2.24, 2.45) is 7.05 Å². The van der Waals surface area contributed by atoms with E-state index in [0.29, 0.717) is 42.7 Å². The molecule has 0 radical (unpaired) electrons. The second-order valence-corrected chi connectivity index (χ2v) is 10.8. The van der Waals surface area contributed by atoms with Crippen molar-refractivity contribution in [2.45, 2.75) is 21.4 Å². The van der Waals surface area contributed by atoms with E-state index in [9.17, 15) is 18.5 Å². The van der Waals surface area contributed by atoms with Crippen LogP contribution in [0.15, 0.2) is 63.5 Å². The minimum atomic E-state index is -3.81. The van der Waals surface area contributed by atoms with Crippen LogP contribution in [0.4, 0.5) is 5.69 Å². The van der Waals surface area contributed by atoms with Crippen molar-refractivity contribution in [3.05, 3.63) is 70.0 Å². The lowest BCUT2D eigenvalue weighted by Gasteiger charge is -2.31. The van der Waals surface area contributed by atoms with Crippen molar-refractivity contribution in [1.82, 2.24) is 24.0 Å². The van der Waals surface area contributed by atoms with Crippen molar-refractivity contribution in [3.63, 3.8) is 0 Å². The fourth-order valence-corrected chi connectivity index (χ4v) is 5.87. The van der Waals surface area contributed by atoms with Crippen LogP contribution < -0.4 is 0 Å². The highest BCUT2D eigenvalue weighted by atomic mass is 32.2. The van der Waals surface area contributed by atoms with Gasteiger partial charge in [0.05, 0.1) is 14.7 Å². The molecule has 33 heavy (non-hydrogen) atoms. The predicted octanol–water partition coefficient (Wildman–Crippen LogP) is 2.40. The van der Waals surface area contributed by atoms with E-state index in [-0.39, 0.29) is 10.6 Å². The van der Waals surface area contributed by atoms with Gasteiger partial charge >= 0.3 is 0 Å². The second kappa shape index (κ2) is 9.59. The molecule has 1 aromatic heterocycles. The molecule has 174 valence electrons. The molecule has 1 aliphatic heterocycles. The Balaban J connectivity index is 1.59. The summed E-state index contributed by atoms with van der Waals surface area (Å²) in [7, 11) is -0.0766. The molecule has 1 fully saturated rings. The summed E-state index contributed by atoms with van der Waals surface area (Å²) in [4.78, 5) is 13.5. The van der Waals surface area contributed by atoms with Gasteiger partial charge in [-0.2, -0.15) is 4.31 Å². The van der Waals surface area contributed by atoms with Crippen LogP contribution in [-0.4, -0.2) is 70.5 Å². The second-order valence-electron chi connectivity index (χ2n) is 7.82. The van der Waals surface area contributed by atoms with E-state index in [4.69, 9.17) is 0 Å². The van der Waals surface area contributed by atoms with Gasteiger partial charge in [-0.1, -0.05) is 30.3 Å². The molecule has 0 saturated carbocycles. The van der Waals surface area contributed by atoms with Crippen LogP contribution in [0.1, 0.15) is 11.4 Å². The number of aromatic nitrogens is 3. The van der Waals surface area contributed by atoms with Crippen molar-refractivity contribution in [2.75, 3.05) is 33.2 Å². The number of nitrogens with zero attached hydrogens (tertiary/aromatic N) is 6. The highest BCUT2D eigenvalue weighted by Crippen LogP contribution is 2.36. The first kappa shape index (κ1) is 23.4. The lowest BCUT2D eigenvalue weighted by molar-refractivity contribution is -0.388. The van der Waals surface area contributed by atoms with Crippen LogP contribution in [0.5, 0.6) is 0 Å². The van der Waals surface area contributed by atoms with Crippen LogP contribution in [0.2, 0.25) is 0 Å². The van der Waals surface area contributed by atoms with Crippen molar-refractivity contribution < 1.29 is 13.3 Å². The van der Waals surface area contributed by atoms with E-state index in [1.165, 1.54) is 16.4 Å². The first-order valence-electron chi connectivity index (χ1n) is 10.3. The van der Waals surface area contributed by atoms with Crippen LogP contribution in [-0.2, 0) is 23.5 Å². The van der Waals surface area contributed by atoms with Gasteiger partial charge in [0.15, 0.2) is 5.16 Å². The van der Waals surface area contributed by atoms with Gasteiger partial charge in [0.2, 0.25) is 10.0 Å². The Labute approximate surface area is 196 Å². The number of sulfonamides is 1. The van der Waals surface area contributed by atoms with E-state index in [1.807, 2.05) is 42.3 Å². The monoisotopic (exact) mass is 488 g/mol. The zero-order valence-electron chi connectivity index (χ0n) is 18.3. The number of likely N-dealkylation sites (N-methyl/N-ethyl adjacent to an activating group) is 1. The topological polar surface area (TPSA) is 114 Å². The summed E-state index contributed by atoms with van der Waals surface area (Å²) in [6.07, 6.45) is 0.579. The molecular weight excluding hydrogens is 464 g/mol. The number of nitro benzene ring substituents is 1. The zero-order valence-corrected chi connectivity index (χ0v) is 19.9. The summed E-state index contributed by atoms with van der Waals surface area (Å²) >= 11 is 1.09. The van der Waals surface area contributed by atoms with Gasteiger partial charge in [0, 0.05) is 45.7 Å². The maximum absolute atomic E-state index is 13.0. The Morgan fingerprint density at radius 3 is 2.39 bits per heavy atom. The Morgan fingerprint density at radius 2 is 1.73 bits per heavy atom. The van der Waals surface area contributed by atoms with E-state index in [2.05, 4.69) is 10.2 Å². The van der Waals surface area contributed by atoms with E-state index >= 15 is 0 Å². The molecule has 0 spiro atoms. The van der Waals surface area contributed by atoms with Gasteiger partial charge in [0.25, 0.3) is 5.69 Å². The molecule has 10 nitrogen and oxygen atoms in total. The fourth-order valence-electron chi connectivity index (χ4n) is 3.53. The normalized spacial score (nSPS) is 15.6. The minimum absolute atomic E-state index is 0.0779. The average molecular weight is 489 g/mol. The molecule has 0 aliphatic carbocycles. The first-order valence-corrected chi connectivity index (χ1v) is 12.6. The smallest absolute Gasteiger partial charge is 0.284 e. The average Bonchev–Trinajstić information content (AvgIpc) is 3.13. The number of hydrogen-bond donors (Lipinski definition) is 0. The summed E-state index contributed by atoms with van der Waals surface area (Å²) in [6.45, 7) is 1.94. The third-order valence-electron chi connectivity index (χ3n) is 5.56. The lowest BCUT2D eigenvalue weighted by atomic mass is 10.1. The Kier molecular flexibility index (Phi) is 6.79. The molecule has 12 heteroatoms. The molecule has 3 aromatic rings. The fraction of sp³-hybridized carbons (Fsp3) is 0.333. The molecule has 0 N–H and O–H groups in total. The summed E-state index contributed by atoms with van der Waals surface area (Å²) in [6, 6.07) is 13.8. The van der Waals surface area contributed by atoms with Gasteiger partial charge in [0.1, 0.15) is 5.82 Å². The first-order chi connectivity index (χ1) is 15.8. The van der Waals surface area contributed by atoms with E-state index < -0.39 is 14.9 Å². The maximum Gasteiger partial charge on any atom is 0.284 e. The zero-order chi connectivity index (χ0) is 23.6. The number of piperazine rings is 1. The van der Waals surface area contributed by atoms with Crippen LogP contribution in [0.25, 0.3) is 0 Å². The predicted molar refractivity (Wildman–Crippen MR) is 124 cm³/mol. The van der Waals surface area contributed by atoms with Gasteiger partial charge in [-0.05, 0) is 36.5 Å². The molecule has 2 aromatic carbocycles. The van der Waals surface area contributed by atoms with Crippen molar-refractivity contribution >= 4 is 27.5 Å². The molecule has 0 amide bonds. The Morgan fingerprint density at radius 1 is 1.03 bits per heavy atom. The van der Waals surface area contributed by atoms with Gasteiger partial charge in [-0.25, -0.2) is 8.42 Å². The molecular formula is C21H24N6O4S2. The molecule has 2 heterocycles. The molecule has 4 rings (SSSR count). The lowest BCUT2D eigenvalue weighted by Crippen LogP contribution is -2.47. The largest absolute Gasteiger partial charge is 0.309 e. The van der Waals surface area contributed by atoms with Crippen molar-refractivity contribution in [1.29, 1.82) is 0 Å². The Bertz CT molecular complexity index is 1260. The molecule has 1 saturated heterocycles. The molecule has 1 aliphatic rings. The van der Waals surface area contributed by atoms with Crippen molar-refractivity contribution in [3.8, 4) is 0 Å². The van der Waals surface area contributed by atoms with Crippen LogP contribution in [0, 0.1) is 10.1 Å². The van der Waals surface area contributed by atoms with Gasteiger partial charge < -0.3 is 9.47 Å².